The summed E-state index contributed by atoms with van der Waals surface area (Å²) in [6.07, 6.45) is 21.9. The van der Waals surface area contributed by atoms with Crippen LogP contribution in [0.1, 0.15) is 165 Å². The maximum Gasteiger partial charge on any atom is 0.329 e. The molecule has 3 aliphatic rings. The Bertz CT molecular complexity index is 4710. The lowest BCUT2D eigenvalue weighted by Crippen LogP contribution is -2.46. The van der Waals surface area contributed by atoms with Gasteiger partial charge in [-0.05, 0) is 138 Å². The first-order valence-electron chi connectivity index (χ1n) is 33.6. The van der Waals surface area contributed by atoms with Crippen LogP contribution in [0.4, 0.5) is 11.4 Å². The van der Waals surface area contributed by atoms with E-state index in [9.17, 15) is 75.9 Å². The van der Waals surface area contributed by atoms with E-state index in [1.165, 1.54) is 55.3 Å². The number of hydrogen-bond acceptors (Lipinski definition) is 19. The van der Waals surface area contributed by atoms with Gasteiger partial charge in [0.25, 0.3) is 52.3 Å². The second-order valence-electron chi connectivity index (χ2n) is 25.9. The zero-order valence-corrected chi connectivity index (χ0v) is 63.5. The number of likely N-dealkylation sites (N-methyl/N-ethyl adjacent to an activating group) is 1. The minimum Gasteiger partial charge on any atom is -0.456 e. The number of nitrogens with zero attached hydrogens (tertiary/aromatic N) is 3. The van der Waals surface area contributed by atoms with Gasteiger partial charge in [-0.25, -0.2) is 9.78 Å². The number of nitrogens with one attached hydrogen (secondary N) is 4. The van der Waals surface area contributed by atoms with Crippen LogP contribution < -0.4 is 26.2 Å². The van der Waals surface area contributed by atoms with Crippen molar-refractivity contribution in [3.63, 3.8) is 0 Å². The monoisotopic (exact) mass is 1540 g/mol. The summed E-state index contributed by atoms with van der Waals surface area (Å²) in [4.78, 5) is 71.0. The number of anilines is 1. The fourth-order valence-corrected chi connectivity index (χ4v) is 18.5. The van der Waals surface area contributed by atoms with Gasteiger partial charge in [-0.15, -0.1) is 11.3 Å². The zero-order valence-electron chi connectivity index (χ0n) is 57.8. The number of allylic oxidation sites excluding steroid dienone is 8. The zero-order chi connectivity index (χ0) is 74.5. The highest BCUT2D eigenvalue weighted by molar-refractivity contribution is 8.76. The van der Waals surface area contributed by atoms with Gasteiger partial charge < -0.3 is 30.9 Å². The molecule has 0 unspecified atom stereocenters. The molecule has 5 aromatic rings. The van der Waals surface area contributed by atoms with Gasteiger partial charge in [0.05, 0.1) is 28.2 Å². The summed E-state index contributed by atoms with van der Waals surface area (Å²) in [6.45, 7) is 14.1. The summed E-state index contributed by atoms with van der Waals surface area (Å²) < 4.78 is 150. The third kappa shape index (κ3) is 20.0. The summed E-state index contributed by atoms with van der Waals surface area (Å²) >= 11 is 1.16. The highest BCUT2D eigenvalue weighted by Gasteiger charge is 2.47. The molecule has 8 rings (SSSR count). The summed E-state index contributed by atoms with van der Waals surface area (Å²) in [5.41, 5.74) is 1.65. The minimum atomic E-state index is -5.04. The number of carbonyl (C=O) groups is 5. The lowest BCUT2D eigenvalue weighted by Gasteiger charge is -2.26. The maximum absolute atomic E-state index is 14.1. The second-order valence-corrected chi connectivity index (χ2v) is 35.1. The number of amides is 4. The number of thiazole rings is 1. The number of carbonyl (C=O) groups excluding carboxylic acids is 5. The molecule has 0 saturated heterocycles. The van der Waals surface area contributed by atoms with Crippen LogP contribution >= 0.6 is 32.9 Å². The van der Waals surface area contributed by atoms with Crippen molar-refractivity contribution in [1.29, 1.82) is 0 Å². The Labute approximate surface area is 608 Å². The minimum absolute atomic E-state index is 0.00434. The SMILES string of the molecule is C/C=C1\NC(=O)c2csc(n2)CNC(=O)C[C@@H](/C=C/CCSSCCCCCCC)OC(=O)[C@H](CCCCNC(=O)CCCCC[N+]2=C(/C=C/C=C/C=C3/N(CC)c4ccc5c(S(=O)(=O)O)cc(S(=O)(=O)O)cc5c4C3(C)C)C(C)(C)c3c2ccc2c(S(=O)(=O)O)cc(S(=O)(=O)O)cc32)NC1=O. The third-order valence-electron chi connectivity index (χ3n) is 17.9. The normalized spacial score (nSPS) is 18.6. The molecule has 4 aromatic carbocycles. The molecule has 2 bridgehead atoms. The van der Waals surface area contributed by atoms with Crippen LogP contribution in [0.2, 0.25) is 0 Å². The molecule has 0 aliphatic carbocycles. The topological polar surface area (TPSA) is 379 Å². The highest BCUT2D eigenvalue weighted by Crippen LogP contribution is 2.52. The number of aromatic nitrogens is 1. The average molecular weight is 1540 g/mol. The fraction of sp³-hybridized carbons (Fsp3) is 0.443. The van der Waals surface area contributed by atoms with E-state index in [4.69, 9.17) is 4.74 Å². The molecule has 4 heterocycles. The summed E-state index contributed by atoms with van der Waals surface area (Å²) in [7, 11) is -16.4. The molecule has 32 heteroatoms. The van der Waals surface area contributed by atoms with Gasteiger partial charge in [-0.3, -0.25) is 37.4 Å². The standard InChI is InChI=1S/C70H87N7O18S7/c1-8-11-12-13-23-36-97-98-37-24-20-25-45-38-62(79)72-43-63-73-54(44-96-63)67(81)74-52(9-2)66(80)75-53(68(82)95-45)26-19-21-34-71-61(78)29-18-15-22-35-77-56-33-31-49-51(40-47(100(86,87)88)42-58(49)102(92,93)94)65(56)70(6,7)60(77)28-17-14-16-27-59-69(4,5)64-50-39-46(99(83,84)85)41-57(101(89,90)91)48(50)30-32-55(64)76(59)10-3/h9,14,16-17,20,25,27-28,30-33,39-42,44-45,53H,8,10-13,15,18-19,21-24,26,29,34-38,43H2,1-7H3,(H7-,71,72,74,75,78,79,80,81,83,84,85,86,87,88,89,90,91,92,93,94)/p+1/b25-20+,52-9-/t45-,53+/m1/s1. The Morgan fingerprint density at radius 1 is 0.745 bits per heavy atom. The summed E-state index contributed by atoms with van der Waals surface area (Å²) in [5, 5.41) is 13.3. The van der Waals surface area contributed by atoms with Crippen molar-refractivity contribution in [2.75, 3.05) is 36.0 Å². The van der Waals surface area contributed by atoms with Gasteiger partial charge in [0.2, 0.25) is 17.5 Å². The Balaban J connectivity index is 0.953. The Hall–Kier alpha value is -7.11. The maximum atomic E-state index is 14.1. The number of esters is 1. The number of hydrogen-bond donors (Lipinski definition) is 8. The van der Waals surface area contributed by atoms with E-state index in [0.29, 0.717) is 97.0 Å². The average Bonchev–Trinajstić information content (AvgIpc) is 1.54. The van der Waals surface area contributed by atoms with Crippen LogP contribution in [0.3, 0.4) is 0 Å². The predicted molar refractivity (Wildman–Crippen MR) is 397 cm³/mol. The van der Waals surface area contributed by atoms with Gasteiger partial charge in [0.15, 0.2) is 5.71 Å². The van der Waals surface area contributed by atoms with Crippen LogP contribution in [0.15, 0.2) is 133 Å². The van der Waals surface area contributed by atoms with Crippen molar-refractivity contribution < 1.29 is 85.2 Å². The van der Waals surface area contributed by atoms with Crippen LogP contribution in [0.5, 0.6) is 0 Å². The van der Waals surface area contributed by atoms with E-state index >= 15 is 0 Å². The van der Waals surface area contributed by atoms with Crippen molar-refractivity contribution in [3.8, 4) is 0 Å². The first kappa shape index (κ1) is 80.6. The molecule has 8 N–H and O–H groups in total. The predicted octanol–water partition coefficient (Wildman–Crippen LogP) is 11.5. The molecule has 25 nitrogen and oxygen atoms in total. The van der Waals surface area contributed by atoms with Crippen LogP contribution in [0.25, 0.3) is 21.5 Å². The highest BCUT2D eigenvalue weighted by atomic mass is 33.1. The Morgan fingerprint density at radius 3 is 2.04 bits per heavy atom. The molecule has 0 fully saturated rings. The number of fused-ring (bicyclic) bond motifs is 8. The van der Waals surface area contributed by atoms with Crippen LogP contribution in [0, 0.1) is 0 Å². The van der Waals surface area contributed by atoms with Gasteiger partial charge in [-0.2, -0.15) is 38.2 Å². The third-order valence-corrected chi connectivity index (χ3v) is 24.7. The molecule has 1 aromatic heterocycles. The van der Waals surface area contributed by atoms with Gasteiger partial charge in [-0.1, -0.05) is 104 Å². The van der Waals surface area contributed by atoms with Crippen LogP contribution in [-0.4, -0.2) is 140 Å². The Kier molecular flexibility index (Phi) is 27.4. The van der Waals surface area contributed by atoms with Crippen LogP contribution in [-0.2, 0) is 81.8 Å². The summed E-state index contributed by atoms with van der Waals surface area (Å²) in [6, 6.07) is 8.79. The number of benzene rings is 4. The molecule has 2 atom stereocenters. The van der Waals surface area contributed by atoms with E-state index in [1.54, 1.807) is 54.2 Å². The lowest BCUT2D eigenvalue weighted by atomic mass is 9.79. The lowest BCUT2D eigenvalue weighted by molar-refractivity contribution is -0.438. The quantitative estimate of drug-likeness (QED) is 0.00309. The molecule has 3 aliphatic heterocycles. The van der Waals surface area contributed by atoms with E-state index in [1.807, 2.05) is 73.1 Å². The molecule has 552 valence electrons. The largest absolute Gasteiger partial charge is 0.456 e. The van der Waals surface area contributed by atoms with E-state index in [-0.39, 0.29) is 71.2 Å². The molecular weight excluding hydrogens is 1450 g/mol. The Morgan fingerprint density at radius 2 is 1.39 bits per heavy atom. The number of ether oxygens (including phenoxy) is 1. The summed E-state index contributed by atoms with van der Waals surface area (Å²) in [5.74, 6) is -0.994. The van der Waals surface area contributed by atoms with E-state index in [0.717, 1.165) is 41.0 Å². The second kappa shape index (κ2) is 34.7. The van der Waals surface area contributed by atoms with Gasteiger partial charge in [0.1, 0.15) is 44.9 Å². The fourth-order valence-electron chi connectivity index (χ4n) is 12.9. The van der Waals surface area contributed by atoms with Gasteiger partial charge in [0, 0.05) is 88.1 Å². The molecule has 0 radical (unpaired) electrons. The molecule has 102 heavy (non-hydrogen) atoms. The van der Waals surface area contributed by atoms with E-state index in [2.05, 4.69) is 33.2 Å². The van der Waals surface area contributed by atoms with E-state index < -0.39 is 107 Å². The smallest absolute Gasteiger partial charge is 0.329 e. The van der Waals surface area contributed by atoms with Crippen molar-refractivity contribution in [3.05, 3.63) is 136 Å². The van der Waals surface area contributed by atoms with Crippen molar-refractivity contribution in [2.24, 2.45) is 0 Å². The molecule has 0 saturated carbocycles. The molecule has 0 spiro atoms. The number of unbranched alkanes of at least 4 members (excludes halogenated alkanes) is 7. The van der Waals surface area contributed by atoms with Crippen molar-refractivity contribution >= 4 is 142 Å². The van der Waals surface area contributed by atoms with Crippen molar-refractivity contribution in [2.45, 2.75) is 187 Å². The van der Waals surface area contributed by atoms with Crippen molar-refractivity contribution in [1.82, 2.24) is 26.3 Å². The van der Waals surface area contributed by atoms with Gasteiger partial charge >= 0.3 is 5.97 Å². The number of rotatable bonds is 30. The molecule has 4 amide bonds. The first-order chi connectivity index (χ1) is 48.1. The number of cyclic esters (lactones) is 1. The molecular formula is C70H88N7O18S7+. The first-order valence-corrected chi connectivity index (χ1v) is 42.7.